The van der Waals surface area contributed by atoms with Gasteiger partial charge in [0, 0.05) is 31.6 Å². The number of likely N-dealkylation sites (tertiary alicyclic amines) is 1. The number of fused-ring (bicyclic) bond motifs is 1. The molecule has 0 unspecified atom stereocenters. The molecule has 1 aromatic rings. The molecule has 9 heteroatoms. The van der Waals surface area contributed by atoms with Gasteiger partial charge in [-0.3, -0.25) is 0 Å². The minimum absolute atomic E-state index is 0. The number of nitrogens with one attached hydrogen (secondary N) is 1. The summed E-state index contributed by atoms with van der Waals surface area (Å²) in [5.41, 5.74) is 6.24. The number of halogens is 2. The summed E-state index contributed by atoms with van der Waals surface area (Å²) in [7, 11) is 0. The Balaban J connectivity index is 0.00000225. The first-order valence-corrected chi connectivity index (χ1v) is 7.76. The van der Waals surface area contributed by atoms with Crippen molar-refractivity contribution in [2.24, 2.45) is 10.7 Å². The summed E-state index contributed by atoms with van der Waals surface area (Å²) in [5, 5.41) is 11.7. The van der Waals surface area contributed by atoms with E-state index in [-0.39, 0.29) is 31.3 Å². The summed E-state index contributed by atoms with van der Waals surface area (Å²) in [6, 6.07) is 6.66. The zero-order valence-corrected chi connectivity index (χ0v) is 14.3. The van der Waals surface area contributed by atoms with Gasteiger partial charge in [0.2, 0.25) is 0 Å². The van der Waals surface area contributed by atoms with Gasteiger partial charge in [0.25, 0.3) is 0 Å². The standard InChI is InChI=1S/C16H18FN5O2.ClH/c17-11-3-1-4-12-13(11)14(19)21-16(20-12)5-8-22(9-6-16)15(23)24-10-2-7-18;/h1,3-4,20H,2,5-6,8-10H2,(H2,19,21);1H. The highest BCUT2D eigenvalue weighted by Gasteiger charge is 2.39. The van der Waals surface area contributed by atoms with Crippen LogP contribution in [0.1, 0.15) is 24.8 Å². The van der Waals surface area contributed by atoms with Crippen LogP contribution in [0.4, 0.5) is 14.9 Å². The highest BCUT2D eigenvalue weighted by Crippen LogP contribution is 2.35. The molecule has 1 amide bonds. The number of carbonyl (C=O) groups excluding carboxylic acids is 1. The number of carbonyl (C=O) groups is 1. The third-order valence-corrected chi connectivity index (χ3v) is 4.26. The van der Waals surface area contributed by atoms with Crippen LogP contribution < -0.4 is 11.1 Å². The highest BCUT2D eigenvalue weighted by molar-refractivity contribution is 6.04. The van der Waals surface area contributed by atoms with Gasteiger partial charge in [0.1, 0.15) is 23.9 Å². The summed E-state index contributed by atoms with van der Waals surface area (Å²) in [4.78, 5) is 18.0. The van der Waals surface area contributed by atoms with Crippen molar-refractivity contribution < 1.29 is 13.9 Å². The first-order chi connectivity index (χ1) is 11.5. The number of anilines is 1. The molecule has 1 saturated heterocycles. The Kier molecular flexibility index (Phi) is 5.69. The third-order valence-electron chi connectivity index (χ3n) is 4.26. The predicted octanol–water partition coefficient (Wildman–Crippen LogP) is 2.22. The third kappa shape index (κ3) is 3.77. The minimum Gasteiger partial charge on any atom is -0.448 e. The summed E-state index contributed by atoms with van der Waals surface area (Å²) in [6.07, 6.45) is 0.821. The van der Waals surface area contributed by atoms with Gasteiger partial charge >= 0.3 is 6.09 Å². The fraction of sp³-hybridized carbons (Fsp3) is 0.438. The molecule has 0 aliphatic carbocycles. The van der Waals surface area contributed by atoms with Crippen molar-refractivity contribution in [1.82, 2.24) is 4.90 Å². The van der Waals surface area contributed by atoms with Crippen LogP contribution in [0.2, 0.25) is 0 Å². The van der Waals surface area contributed by atoms with Gasteiger partial charge in [-0.2, -0.15) is 5.26 Å². The van der Waals surface area contributed by atoms with Crippen molar-refractivity contribution in [2.45, 2.75) is 24.9 Å². The van der Waals surface area contributed by atoms with E-state index < -0.39 is 17.6 Å². The van der Waals surface area contributed by atoms with Crippen LogP contribution in [0.15, 0.2) is 23.2 Å². The van der Waals surface area contributed by atoms with E-state index in [1.54, 1.807) is 17.0 Å². The van der Waals surface area contributed by atoms with E-state index in [0.717, 1.165) is 0 Å². The molecular formula is C16H19ClFN5O2. The fourth-order valence-electron chi connectivity index (χ4n) is 3.03. The van der Waals surface area contributed by atoms with Crippen LogP contribution in [0.5, 0.6) is 0 Å². The Hall–Kier alpha value is -2.53. The number of benzene rings is 1. The highest BCUT2D eigenvalue weighted by atomic mass is 35.5. The maximum absolute atomic E-state index is 13.9. The molecule has 0 aromatic heterocycles. The molecule has 1 aromatic carbocycles. The van der Waals surface area contributed by atoms with Crippen LogP contribution in [-0.4, -0.2) is 42.2 Å². The molecule has 0 atom stereocenters. The number of aliphatic imine (C=N–C) groups is 1. The number of amides is 1. The van der Waals surface area contributed by atoms with Gasteiger partial charge < -0.3 is 20.7 Å². The van der Waals surface area contributed by atoms with Crippen molar-refractivity contribution in [2.75, 3.05) is 25.0 Å². The Bertz CT molecular complexity index is 726. The average molecular weight is 368 g/mol. The van der Waals surface area contributed by atoms with Crippen LogP contribution in [-0.2, 0) is 4.74 Å². The lowest BCUT2D eigenvalue weighted by atomic mass is 9.94. The van der Waals surface area contributed by atoms with Crippen LogP contribution in [0, 0.1) is 17.1 Å². The van der Waals surface area contributed by atoms with Crippen molar-refractivity contribution in [1.29, 1.82) is 5.26 Å². The van der Waals surface area contributed by atoms with Gasteiger partial charge in [-0.25, -0.2) is 14.2 Å². The summed E-state index contributed by atoms with van der Waals surface area (Å²) in [6.45, 7) is 0.979. The molecule has 25 heavy (non-hydrogen) atoms. The van der Waals surface area contributed by atoms with Gasteiger partial charge in [0.05, 0.1) is 18.1 Å². The number of hydrogen-bond donors (Lipinski definition) is 2. The monoisotopic (exact) mass is 367 g/mol. The molecule has 3 rings (SSSR count). The molecule has 1 spiro atoms. The lowest BCUT2D eigenvalue weighted by Crippen LogP contribution is -2.52. The second kappa shape index (κ2) is 7.57. The van der Waals surface area contributed by atoms with Crippen LogP contribution in [0.3, 0.4) is 0 Å². The normalized spacial score (nSPS) is 17.4. The summed E-state index contributed by atoms with van der Waals surface area (Å²) in [5.74, 6) is -0.235. The zero-order chi connectivity index (χ0) is 17.2. The topological polar surface area (TPSA) is 104 Å². The van der Waals surface area contributed by atoms with Crippen LogP contribution in [0.25, 0.3) is 0 Å². The molecular weight excluding hydrogens is 349 g/mol. The molecule has 7 nitrogen and oxygen atoms in total. The Morgan fingerprint density at radius 2 is 2.20 bits per heavy atom. The van der Waals surface area contributed by atoms with E-state index in [9.17, 15) is 9.18 Å². The van der Waals surface area contributed by atoms with E-state index in [1.807, 2.05) is 6.07 Å². The quantitative estimate of drug-likeness (QED) is 0.780. The van der Waals surface area contributed by atoms with Crippen LogP contribution >= 0.6 is 12.4 Å². The van der Waals surface area contributed by atoms with Gasteiger partial charge in [-0.1, -0.05) is 6.07 Å². The van der Waals surface area contributed by atoms with E-state index in [2.05, 4.69) is 10.3 Å². The Morgan fingerprint density at radius 1 is 1.48 bits per heavy atom. The molecule has 2 aliphatic rings. The van der Waals surface area contributed by atoms with E-state index >= 15 is 0 Å². The zero-order valence-electron chi connectivity index (χ0n) is 13.5. The van der Waals surface area contributed by atoms with Gasteiger partial charge in [-0.15, -0.1) is 12.4 Å². The summed E-state index contributed by atoms with van der Waals surface area (Å²) < 4.78 is 18.9. The van der Waals surface area contributed by atoms with E-state index in [1.165, 1.54) is 6.07 Å². The van der Waals surface area contributed by atoms with E-state index in [0.29, 0.717) is 37.2 Å². The Morgan fingerprint density at radius 3 is 2.88 bits per heavy atom. The van der Waals surface area contributed by atoms with Crippen molar-refractivity contribution in [3.8, 4) is 6.07 Å². The molecule has 3 N–H and O–H groups in total. The van der Waals surface area contributed by atoms with Crippen molar-refractivity contribution in [3.63, 3.8) is 0 Å². The fourth-order valence-corrected chi connectivity index (χ4v) is 3.03. The lowest BCUT2D eigenvalue weighted by Gasteiger charge is -2.42. The van der Waals surface area contributed by atoms with Crippen molar-refractivity contribution in [3.05, 3.63) is 29.6 Å². The number of nitriles is 1. The van der Waals surface area contributed by atoms with Crippen molar-refractivity contribution >= 4 is 30.0 Å². The number of amidine groups is 1. The molecule has 2 heterocycles. The second-order valence-electron chi connectivity index (χ2n) is 5.83. The number of piperidine rings is 1. The van der Waals surface area contributed by atoms with E-state index in [4.69, 9.17) is 15.7 Å². The van der Waals surface area contributed by atoms with Gasteiger partial charge in [0.15, 0.2) is 0 Å². The first-order valence-electron chi connectivity index (χ1n) is 7.76. The largest absolute Gasteiger partial charge is 0.448 e. The second-order valence-corrected chi connectivity index (χ2v) is 5.83. The lowest BCUT2D eigenvalue weighted by molar-refractivity contribution is 0.0881. The molecule has 0 saturated carbocycles. The molecule has 2 aliphatic heterocycles. The smallest absolute Gasteiger partial charge is 0.409 e. The molecule has 134 valence electrons. The number of ether oxygens (including phenoxy) is 1. The SMILES string of the molecule is Cl.N#CCCOC(=O)N1CCC2(CC1)N=C(N)c1c(F)cccc1N2. The predicted molar refractivity (Wildman–Crippen MR) is 93.1 cm³/mol. The molecule has 0 bridgehead atoms. The summed E-state index contributed by atoms with van der Waals surface area (Å²) >= 11 is 0. The number of rotatable bonds is 2. The Labute approximate surface area is 151 Å². The first kappa shape index (κ1) is 18.8. The average Bonchev–Trinajstić information content (AvgIpc) is 2.55. The molecule has 1 fully saturated rings. The maximum atomic E-state index is 13.9. The number of nitrogens with two attached hydrogens (primary N) is 1. The maximum Gasteiger partial charge on any atom is 0.409 e. The number of hydrogen-bond acceptors (Lipinski definition) is 6. The minimum atomic E-state index is -0.631. The van der Waals surface area contributed by atoms with Gasteiger partial charge in [-0.05, 0) is 12.1 Å². The number of nitrogens with zero attached hydrogens (tertiary/aromatic N) is 3. The molecule has 0 radical (unpaired) electrons.